The highest BCUT2D eigenvalue weighted by atomic mass is 16.7. The molecule has 3 aromatic carbocycles. The third kappa shape index (κ3) is 4.94. The zero-order chi connectivity index (χ0) is 24.4. The van der Waals surface area contributed by atoms with Crippen LogP contribution in [0.15, 0.2) is 60.7 Å². The molecule has 0 spiro atoms. The molecule has 7 nitrogen and oxygen atoms in total. The van der Waals surface area contributed by atoms with Crippen molar-refractivity contribution in [2.45, 2.75) is 26.8 Å². The second kappa shape index (κ2) is 9.70. The maximum absolute atomic E-state index is 13.2. The van der Waals surface area contributed by atoms with Crippen LogP contribution in [0.5, 0.6) is 11.5 Å². The third-order valence-electron chi connectivity index (χ3n) is 6.28. The molecule has 35 heavy (non-hydrogen) atoms. The molecule has 0 unspecified atom stereocenters. The average Bonchev–Trinajstić information content (AvgIpc) is 3.35. The first-order chi connectivity index (χ1) is 17.0. The first-order valence-corrected chi connectivity index (χ1v) is 11.9. The Labute approximate surface area is 205 Å². The molecule has 5 rings (SSSR count). The topological polar surface area (TPSA) is 79.9 Å². The molecule has 2 aliphatic rings. The van der Waals surface area contributed by atoms with Crippen molar-refractivity contribution in [1.29, 1.82) is 0 Å². The smallest absolute Gasteiger partial charge is 0.255 e. The maximum Gasteiger partial charge on any atom is 0.255 e. The van der Waals surface area contributed by atoms with Crippen LogP contribution in [0.25, 0.3) is 0 Å². The molecule has 2 amide bonds. The molecular formula is C28H29N3O4. The van der Waals surface area contributed by atoms with Crippen molar-refractivity contribution in [1.82, 2.24) is 5.32 Å². The predicted octanol–water partition coefficient (Wildman–Crippen LogP) is 4.62. The summed E-state index contributed by atoms with van der Waals surface area (Å²) in [4.78, 5) is 28.4. The summed E-state index contributed by atoms with van der Waals surface area (Å²) in [6, 6.07) is 19.0. The standard InChI is InChI=1S/C28H29N3O4/c1-18(2)15-29-28(33)23-14-22(30-27(32)20-7-10-25-26(13-20)35-17-34-25)8-9-24(23)31-12-11-19-5-3-4-6-21(19)16-31/h3-10,13-14,18H,11-12,15-17H2,1-2H3,(H,29,33)(H,30,32). The Balaban J connectivity index is 1.41. The van der Waals surface area contributed by atoms with Crippen LogP contribution in [-0.4, -0.2) is 31.7 Å². The fraction of sp³-hybridized carbons (Fsp3) is 0.286. The number of anilines is 2. The number of nitrogens with zero attached hydrogens (tertiary/aromatic N) is 1. The summed E-state index contributed by atoms with van der Waals surface area (Å²) < 4.78 is 10.7. The lowest BCUT2D eigenvalue weighted by Crippen LogP contribution is -2.34. The van der Waals surface area contributed by atoms with E-state index >= 15 is 0 Å². The number of amides is 2. The number of hydrogen-bond donors (Lipinski definition) is 2. The van der Waals surface area contributed by atoms with Gasteiger partial charge in [-0.25, -0.2) is 0 Å². The number of fused-ring (bicyclic) bond motifs is 2. The van der Waals surface area contributed by atoms with Crippen LogP contribution in [-0.2, 0) is 13.0 Å². The molecule has 2 N–H and O–H groups in total. The average molecular weight is 472 g/mol. The molecule has 3 aromatic rings. The van der Waals surface area contributed by atoms with Crippen LogP contribution in [0.3, 0.4) is 0 Å². The van der Waals surface area contributed by atoms with Gasteiger partial charge in [0.05, 0.1) is 5.56 Å². The largest absolute Gasteiger partial charge is 0.454 e. The number of nitrogens with one attached hydrogen (secondary N) is 2. The van der Waals surface area contributed by atoms with Crippen molar-refractivity contribution in [2.24, 2.45) is 5.92 Å². The normalized spacial score (nSPS) is 14.0. The monoisotopic (exact) mass is 471 g/mol. The van der Waals surface area contributed by atoms with Crippen LogP contribution in [0.2, 0.25) is 0 Å². The summed E-state index contributed by atoms with van der Waals surface area (Å²) in [5.74, 6) is 1.08. The second-order valence-corrected chi connectivity index (χ2v) is 9.30. The minimum Gasteiger partial charge on any atom is -0.454 e. The Morgan fingerprint density at radius 3 is 2.57 bits per heavy atom. The van der Waals surface area contributed by atoms with E-state index in [9.17, 15) is 9.59 Å². The summed E-state index contributed by atoms with van der Waals surface area (Å²) in [6.07, 6.45) is 0.922. The highest BCUT2D eigenvalue weighted by molar-refractivity contribution is 6.06. The van der Waals surface area contributed by atoms with Gasteiger partial charge in [-0.3, -0.25) is 9.59 Å². The Morgan fingerprint density at radius 2 is 1.74 bits per heavy atom. The molecule has 180 valence electrons. The second-order valence-electron chi connectivity index (χ2n) is 9.30. The molecule has 2 aliphatic heterocycles. The number of carbonyl (C=O) groups is 2. The molecule has 0 saturated heterocycles. The van der Waals surface area contributed by atoms with Gasteiger partial charge in [0.25, 0.3) is 11.8 Å². The van der Waals surface area contributed by atoms with Crippen molar-refractivity contribution < 1.29 is 19.1 Å². The molecule has 2 heterocycles. The van der Waals surface area contributed by atoms with Crippen molar-refractivity contribution in [3.8, 4) is 11.5 Å². The van der Waals surface area contributed by atoms with Crippen molar-refractivity contribution >= 4 is 23.2 Å². The lowest BCUT2D eigenvalue weighted by Gasteiger charge is -2.32. The van der Waals surface area contributed by atoms with E-state index in [1.54, 1.807) is 24.3 Å². The van der Waals surface area contributed by atoms with Gasteiger partial charge in [0.15, 0.2) is 11.5 Å². The van der Waals surface area contributed by atoms with Gasteiger partial charge in [0, 0.05) is 36.6 Å². The molecule has 0 aromatic heterocycles. The highest BCUT2D eigenvalue weighted by Gasteiger charge is 2.23. The van der Waals surface area contributed by atoms with Crippen LogP contribution in [0.1, 0.15) is 45.7 Å². The zero-order valence-electron chi connectivity index (χ0n) is 20.0. The van der Waals surface area contributed by atoms with Crippen molar-refractivity contribution in [2.75, 3.05) is 30.1 Å². The summed E-state index contributed by atoms with van der Waals surface area (Å²) in [5, 5.41) is 5.95. The molecule has 0 radical (unpaired) electrons. The quantitative estimate of drug-likeness (QED) is 0.549. The number of rotatable bonds is 6. The highest BCUT2D eigenvalue weighted by Crippen LogP contribution is 2.33. The van der Waals surface area contributed by atoms with Crippen molar-refractivity contribution in [3.63, 3.8) is 0 Å². The Kier molecular flexibility index (Phi) is 6.31. The number of carbonyl (C=O) groups excluding carboxylic acids is 2. The predicted molar refractivity (Wildman–Crippen MR) is 135 cm³/mol. The zero-order valence-corrected chi connectivity index (χ0v) is 20.0. The Bertz CT molecular complexity index is 1270. The van der Waals surface area contributed by atoms with Crippen LogP contribution >= 0.6 is 0 Å². The van der Waals surface area contributed by atoms with E-state index in [2.05, 4.69) is 47.6 Å². The van der Waals surface area contributed by atoms with Crippen LogP contribution in [0.4, 0.5) is 11.4 Å². The molecule has 0 atom stereocenters. The van der Waals surface area contributed by atoms with E-state index in [4.69, 9.17) is 9.47 Å². The molecule has 0 saturated carbocycles. The summed E-state index contributed by atoms with van der Waals surface area (Å²) in [5.41, 5.74) is 5.05. The maximum atomic E-state index is 13.2. The lowest BCUT2D eigenvalue weighted by atomic mass is 9.98. The van der Waals surface area contributed by atoms with Crippen LogP contribution in [0, 0.1) is 5.92 Å². The summed E-state index contributed by atoms with van der Waals surface area (Å²) in [7, 11) is 0. The number of benzene rings is 3. The van der Waals surface area contributed by atoms with Gasteiger partial charge < -0.3 is 25.0 Å². The minimum absolute atomic E-state index is 0.147. The van der Waals surface area contributed by atoms with E-state index in [1.165, 1.54) is 11.1 Å². The molecule has 0 bridgehead atoms. The summed E-state index contributed by atoms with van der Waals surface area (Å²) >= 11 is 0. The van der Waals surface area contributed by atoms with E-state index in [0.717, 1.165) is 25.2 Å². The van der Waals surface area contributed by atoms with Gasteiger partial charge in [0.1, 0.15) is 0 Å². The fourth-order valence-electron chi connectivity index (χ4n) is 4.41. The molecular weight excluding hydrogens is 442 g/mol. The molecule has 7 heteroatoms. The van der Waals surface area contributed by atoms with Gasteiger partial charge in [0.2, 0.25) is 6.79 Å². The summed E-state index contributed by atoms with van der Waals surface area (Å²) in [6.45, 7) is 6.41. The van der Waals surface area contributed by atoms with E-state index in [1.807, 2.05) is 18.2 Å². The van der Waals surface area contributed by atoms with E-state index in [-0.39, 0.29) is 18.6 Å². The Hall–Kier alpha value is -4.00. The van der Waals surface area contributed by atoms with Gasteiger partial charge in [-0.2, -0.15) is 0 Å². The SMILES string of the molecule is CC(C)CNC(=O)c1cc(NC(=O)c2ccc3c(c2)OCO3)ccc1N1CCc2ccccc2C1. The number of hydrogen-bond acceptors (Lipinski definition) is 5. The van der Waals surface area contributed by atoms with Crippen molar-refractivity contribution in [3.05, 3.63) is 82.9 Å². The third-order valence-corrected chi connectivity index (χ3v) is 6.28. The fourth-order valence-corrected chi connectivity index (χ4v) is 4.41. The van der Waals surface area contributed by atoms with E-state index < -0.39 is 0 Å². The number of ether oxygens (including phenoxy) is 2. The van der Waals surface area contributed by atoms with Gasteiger partial charge >= 0.3 is 0 Å². The first kappa shape index (κ1) is 22.8. The lowest BCUT2D eigenvalue weighted by molar-refractivity contribution is 0.0948. The van der Waals surface area contributed by atoms with Crippen LogP contribution < -0.4 is 25.0 Å². The molecule has 0 aliphatic carbocycles. The molecule has 0 fully saturated rings. The minimum atomic E-state index is -0.281. The van der Waals surface area contributed by atoms with E-state index in [0.29, 0.717) is 40.8 Å². The van der Waals surface area contributed by atoms with Gasteiger partial charge in [-0.1, -0.05) is 38.1 Å². The Morgan fingerprint density at radius 1 is 0.943 bits per heavy atom. The van der Waals surface area contributed by atoms with Gasteiger partial charge in [-0.15, -0.1) is 0 Å². The first-order valence-electron chi connectivity index (χ1n) is 11.9. The van der Waals surface area contributed by atoms with Gasteiger partial charge in [-0.05, 0) is 59.9 Å².